The molecule has 5 heteroatoms. The van der Waals surface area contributed by atoms with Crippen molar-refractivity contribution in [2.45, 2.75) is 6.42 Å². The highest BCUT2D eigenvalue weighted by Crippen LogP contribution is 2.20. The summed E-state index contributed by atoms with van der Waals surface area (Å²) in [4.78, 5) is 16.8. The summed E-state index contributed by atoms with van der Waals surface area (Å²) in [5.74, 6) is 0.149. The molecule has 1 aromatic carbocycles. The summed E-state index contributed by atoms with van der Waals surface area (Å²) >= 11 is 5.65. The number of hydrogen-bond acceptors (Lipinski definition) is 2. The molecule has 0 N–H and O–H groups in total. The molecule has 98 valence electrons. The fourth-order valence-electron chi connectivity index (χ4n) is 2.08. The van der Waals surface area contributed by atoms with Gasteiger partial charge >= 0.3 is 0 Å². The van der Waals surface area contributed by atoms with Crippen molar-refractivity contribution >= 4 is 44.4 Å². The molecule has 1 aliphatic rings. The Balaban J connectivity index is 2.17. The summed E-state index contributed by atoms with van der Waals surface area (Å²) in [6, 6.07) is 5.86. The summed E-state index contributed by atoms with van der Waals surface area (Å²) in [5.41, 5.74) is 0.800. The maximum absolute atomic E-state index is 12.5. The van der Waals surface area contributed by atoms with Crippen LogP contribution in [0.5, 0.6) is 0 Å². The number of nitrogens with zero attached hydrogens (tertiary/aromatic N) is 2. The molecule has 0 unspecified atom stereocenters. The molecule has 2 rings (SSSR count). The van der Waals surface area contributed by atoms with Gasteiger partial charge in [-0.2, -0.15) is 0 Å². The van der Waals surface area contributed by atoms with E-state index in [0.717, 1.165) is 46.2 Å². The van der Waals surface area contributed by atoms with Crippen LogP contribution in [0, 0.1) is 3.57 Å². The number of likely N-dealkylation sites (N-methyl/N-ethyl adjacent to an activating group) is 1. The van der Waals surface area contributed by atoms with E-state index in [2.05, 4.69) is 50.5 Å². The number of hydrogen-bond donors (Lipinski definition) is 0. The third-order valence-corrected chi connectivity index (χ3v) is 4.60. The maximum Gasteiger partial charge on any atom is 0.255 e. The van der Waals surface area contributed by atoms with Crippen molar-refractivity contribution < 1.29 is 4.79 Å². The van der Waals surface area contributed by atoms with Gasteiger partial charge in [0, 0.05) is 27.7 Å². The number of benzene rings is 1. The molecule has 1 aliphatic heterocycles. The zero-order valence-corrected chi connectivity index (χ0v) is 14.1. The number of halogens is 2. The predicted octanol–water partition coefficient (Wildman–Crippen LogP) is 2.83. The summed E-state index contributed by atoms with van der Waals surface area (Å²) in [6.45, 7) is 3.69. The van der Waals surface area contributed by atoms with Crippen LogP contribution in [0.25, 0.3) is 0 Å². The highest BCUT2D eigenvalue weighted by atomic mass is 127. The van der Waals surface area contributed by atoms with Crippen LogP contribution in [0.4, 0.5) is 0 Å². The Bertz CT molecular complexity index is 453. The van der Waals surface area contributed by atoms with Gasteiger partial charge in [0.1, 0.15) is 0 Å². The Labute approximate surface area is 130 Å². The fourth-order valence-corrected chi connectivity index (χ4v) is 3.01. The molecule has 0 atom stereocenters. The lowest BCUT2D eigenvalue weighted by Crippen LogP contribution is -2.34. The first-order valence-corrected chi connectivity index (χ1v) is 7.88. The van der Waals surface area contributed by atoms with Crippen LogP contribution in [-0.2, 0) is 0 Å². The SMILES string of the molecule is CN1CCCN(C(=O)c2cc(Br)ccc2I)CC1. The normalized spacial score (nSPS) is 17.6. The minimum Gasteiger partial charge on any atom is -0.337 e. The first-order valence-electron chi connectivity index (χ1n) is 6.01. The molecular weight excluding hydrogens is 407 g/mol. The Morgan fingerprint density at radius 3 is 2.83 bits per heavy atom. The summed E-state index contributed by atoms with van der Waals surface area (Å²) in [7, 11) is 2.11. The van der Waals surface area contributed by atoms with Crippen LogP contribution in [0.1, 0.15) is 16.8 Å². The van der Waals surface area contributed by atoms with Crippen molar-refractivity contribution in [3.63, 3.8) is 0 Å². The zero-order chi connectivity index (χ0) is 13.1. The quantitative estimate of drug-likeness (QED) is 0.649. The van der Waals surface area contributed by atoms with E-state index in [0.29, 0.717) is 0 Å². The lowest BCUT2D eigenvalue weighted by atomic mass is 10.2. The van der Waals surface area contributed by atoms with E-state index in [9.17, 15) is 4.79 Å². The Morgan fingerprint density at radius 2 is 2.06 bits per heavy atom. The predicted molar refractivity (Wildman–Crippen MR) is 84.9 cm³/mol. The second-order valence-electron chi connectivity index (χ2n) is 4.57. The third-order valence-electron chi connectivity index (χ3n) is 3.17. The standard InChI is InChI=1S/C13H16BrIN2O/c1-16-5-2-6-17(8-7-16)13(18)11-9-10(14)3-4-12(11)15/h3-4,9H,2,5-8H2,1H3. The second-order valence-corrected chi connectivity index (χ2v) is 6.65. The van der Waals surface area contributed by atoms with Crippen LogP contribution in [0.15, 0.2) is 22.7 Å². The molecular formula is C13H16BrIN2O. The van der Waals surface area contributed by atoms with Crippen LogP contribution in [-0.4, -0.2) is 48.9 Å². The maximum atomic E-state index is 12.5. The first-order chi connectivity index (χ1) is 8.58. The minimum absolute atomic E-state index is 0.149. The Morgan fingerprint density at radius 1 is 1.28 bits per heavy atom. The van der Waals surface area contributed by atoms with Crippen LogP contribution in [0.3, 0.4) is 0 Å². The van der Waals surface area contributed by atoms with Crippen molar-refractivity contribution in [3.8, 4) is 0 Å². The van der Waals surface area contributed by atoms with E-state index in [1.165, 1.54) is 0 Å². The van der Waals surface area contributed by atoms with Gasteiger partial charge in [-0.05, 0) is 60.8 Å². The molecule has 1 saturated heterocycles. The van der Waals surface area contributed by atoms with E-state index < -0.39 is 0 Å². The van der Waals surface area contributed by atoms with Gasteiger partial charge in [-0.15, -0.1) is 0 Å². The fraction of sp³-hybridized carbons (Fsp3) is 0.462. The zero-order valence-electron chi connectivity index (χ0n) is 10.3. The van der Waals surface area contributed by atoms with Crippen LogP contribution in [0.2, 0.25) is 0 Å². The van der Waals surface area contributed by atoms with Crippen molar-refractivity contribution in [2.24, 2.45) is 0 Å². The van der Waals surface area contributed by atoms with Crippen molar-refractivity contribution in [1.29, 1.82) is 0 Å². The average molecular weight is 423 g/mol. The van der Waals surface area contributed by atoms with Crippen molar-refractivity contribution in [3.05, 3.63) is 31.8 Å². The molecule has 1 heterocycles. The van der Waals surface area contributed by atoms with Crippen molar-refractivity contribution in [2.75, 3.05) is 33.2 Å². The van der Waals surface area contributed by atoms with Gasteiger partial charge in [0.25, 0.3) is 5.91 Å². The molecule has 1 aromatic rings. The summed E-state index contributed by atoms with van der Waals surface area (Å²) in [5, 5.41) is 0. The molecule has 18 heavy (non-hydrogen) atoms. The Hall–Kier alpha value is -0.140. The van der Waals surface area contributed by atoms with E-state index in [4.69, 9.17) is 0 Å². The second kappa shape index (κ2) is 6.34. The molecule has 1 amide bonds. The van der Waals surface area contributed by atoms with Gasteiger partial charge in [0.15, 0.2) is 0 Å². The lowest BCUT2D eigenvalue weighted by molar-refractivity contribution is 0.0761. The topological polar surface area (TPSA) is 23.6 Å². The third kappa shape index (κ3) is 3.45. The molecule has 0 bridgehead atoms. The van der Waals surface area contributed by atoms with E-state index >= 15 is 0 Å². The van der Waals surface area contributed by atoms with Gasteiger partial charge in [0.05, 0.1) is 5.56 Å². The highest BCUT2D eigenvalue weighted by molar-refractivity contribution is 14.1. The molecule has 0 aromatic heterocycles. The number of rotatable bonds is 1. The van der Waals surface area contributed by atoms with Crippen molar-refractivity contribution in [1.82, 2.24) is 9.80 Å². The summed E-state index contributed by atoms with van der Waals surface area (Å²) < 4.78 is 1.97. The van der Waals surface area contributed by atoms with Gasteiger partial charge in [0.2, 0.25) is 0 Å². The van der Waals surface area contributed by atoms with E-state index in [1.54, 1.807) is 0 Å². The molecule has 0 aliphatic carbocycles. The number of carbonyl (C=O) groups excluding carboxylic acids is 1. The first kappa shape index (κ1) is 14.3. The molecule has 1 fully saturated rings. The summed E-state index contributed by atoms with van der Waals surface area (Å²) in [6.07, 6.45) is 1.05. The number of amides is 1. The van der Waals surface area contributed by atoms with E-state index in [-0.39, 0.29) is 5.91 Å². The van der Waals surface area contributed by atoms with Crippen LogP contribution >= 0.6 is 38.5 Å². The lowest BCUT2D eigenvalue weighted by Gasteiger charge is -2.21. The largest absolute Gasteiger partial charge is 0.337 e. The Kier molecular flexibility index (Phi) is 5.03. The molecule has 0 spiro atoms. The smallest absolute Gasteiger partial charge is 0.255 e. The van der Waals surface area contributed by atoms with Crippen LogP contribution < -0.4 is 0 Å². The minimum atomic E-state index is 0.149. The monoisotopic (exact) mass is 422 g/mol. The molecule has 3 nitrogen and oxygen atoms in total. The van der Waals surface area contributed by atoms with Gasteiger partial charge in [-0.1, -0.05) is 15.9 Å². The molecule has 0 radical (unpaired) electrons. The van der Waals surface area contributed by atoms with Gasteiger partial charge in [-0.3, -0.25) is 4.79 Å². The van der Waals surface area contributed by atoms with Gasteiger partial charge in [-0.25, -0.2) is 0 Å². The van der Waals surface area contributed by atoms with E-state index in [1.807, 2.05) is 23.1 Å². The molecule has 0 saturated carbocycles. The number of carbonyl (C=O) groups is 1. The highest BCUT2D eigenvalue weighted by Gasteiger charge is 2.20. The average Bonchev–Trinajstić information content (AvgIpc) is 2.56. The van der Waals surface area contributed by atoms with Gasteiger partial charge < -0.3 is 9.80 Å².